The standard InChI is InChI=1S/C6H8N4O3S/c1-13-5(12)3-14-6-9-8-2-4(11)10(6)7/h2H,3,7H2,1H3. The van der Waals surface area contributed by atoms with E-state index in [9.17, 15) is 9.59 Å². The summed E-state index contributed by atoms with van der Waals surface area (Å²) in [5, 5.41) is 7.17. The third kappa shape index (κ3) is 2.46. The van der Waals surface area contributed by atoms with Crippen molar-refractivity contribution < 1.29 is 9.53 Å². The van der Waals surface area contributed by atoms with Crippen molar-refractivity contribution >= 4 is 17.7 Å². The lowest BCUT2D eigenvalue weighted by molar-refractivity contribution is -0.137. The first-order chi connectivity index (χ1) is 6.65. The van der Waals surface area contributed by atoms with E-state index in [0.29, 0.717) is 0 Å². The molecule has 0 aliphatic heterocycles. The molecule has 14 heavy (non-hydrogen) atoms. The summed E-state index contributed by atoms with van der Waals surface area (Å²) in [6.45, 7) is 0. The SMILES string of the molecule is COC(=O)CSc1nncc(=O)n1N. The van der Waals surface area contributed by atoms with E-state index in [1.165, 1.54) is 7.11 Å². The summed E-state index contributed by atoms with van der Waals surface area (Å²) in [6, 6.07) is 0. The van der Waals surface area contributed by atoms with Gasteiger partial charge in [0.25, 0.3) is 5.56 Å². The van der Waals surface area contributed by atoms with Crippen molar-refractivity contribution in [2.75, 3.05) is 18.7 Å². The number of aromatic nitrogens is 3. The zero-order chi connectivity index (χ0) is 10.6. The molecule has 0 saturated heterocycles. The molecule has 0 aromatic carbocycles. The smallest absolute Gasteiger partial charge is 0.316 e. The van der Waals surface area contributed by atoms with Gasteiger partial charge in [0.1, 0.15) is 6.20 Å². The Morgan fingerprint density at radius 2 is 2.50 bits per heavy atom. The second kappa shape index (κ2) is 4.61. The van der Waals surface area contributed by atoms with Crippen LogP contribution in [0.5, 0.6) is 0 Å². The topological polar surface area (TPSA) is 100 Å². The van der Waals surface area contributed by atoms with Crippen molar-refractivity contribution in [2.45, 2.75) is 5.16 Å². The number of nitrogens with two attached hydrogens (primary N) is 1. The molecule has 0 aliphatic carbocycles. The average Bonchev–Trinajstić information content (AvgIpc) is 2.20. The van der Waals surface area contributed by atoms with Crippen molar-refractivity contribution in [3.05, 3.63) is 16.6 Å². The zero-order valence-corrected chi connectivity index (χ0v) is 8.15. The van der Waals surface area contributed by atoms with Gasteiger partial charge >= 0.3 is 5.97 Å². The molecule has 7 nitrogen and oxygen atoms in total. The van der Waals surface area contributed by atoms with Gasteiger partial charge in [-0.2, -0.15) is 9.77 Å². The molecule has 0 atom stereocenters. The highest BCUT2D eigenvalue weighted by Gasteiger charge is 2.07. The van der Waals surface area contributed by atoms with E-state index in [0.717, 1.165) is 22.6 Å². The first-order valence-corrected chi connectivity index (χ1v) is 4.53. The van der Waals surface area contributed by atoms with Gasteiger partial charge in [-0.3, -0.25) is 9.59 Å². The monoisotopic (exact) mass is 216 g/mol. The fraction of sp³-hybridized carbons (Fsp3) is 0.333. The molecule has 0 fully saturated rings. The molecule has 0 amide bonds. The number of methoxy groups -OCH3 is 1. The van der Waals surface area contributed by atoms with Crippen LogP contribution in [0.1, 0.15) is 0 Å². The van der Waals surface area contributed by atoms with Gasteiger partial charge in [-0.1, -0.05) is 11.8 Å². The van der Waals surface area contributed by atoms with Crippen LogP contribution in [0.15, 0.2) is 16.1 Å². The molecule has 1 aromatic heterocycles. The Kier molecular flexibility index (Phi) is 3.46. The van der Waals surface area contributed by atoms with Gasteiger partial charge in [0.05, 0.1) is 12.9 Å². The van der Waals surface area contributed by atoms with Gasteiger partial charge in [-0.15, -0.1) is 5.10 Å². The number of ether oxygens (including phenoxy) is 1. The van der Waals surface area contributed by atoms with Crippen LogP contribution in [0.4, 0.5) is 0 Å². The van der Waals surface area contributed by atoms with Gasteiger partial charge in [0.2, 0.25) is 5.16 Å². The molecule has 0 aliphatic rings. The highest BCUT2D eigenvalue weighted by molar-refractivity contribution is 7.99. The van der Waals surface area contributed by atoms with Crippen LogP contribution in [0.25, 0.3) is 0 Å². The summed E-state index contributed by atoms with van der Waals surface area (Å²) in [6.07, 6.45) is 0.988. The van der Waals surface area contributed by atoms with Crippen LogP contribution in [0, 0.1) is 0 Å². The van der Waals surface area contributed by atoms with Gasteiger partial charge in [-0.25, -0.2) is 0 Å². The number of nitrogens with zero attached hydrogens (tertiary/aromatic N) is 3. The van der Waals surface area contributed by atoms with Crippen molar-refractivity contribution in [2.24, 2.45) is 0 Å². The molecular weight excluding hydrogens is 208 g/mol. The van der Waals surface area contributed by atoms with Crippen molar-refractivity contribution in [3.63, 3.8) is 0 Å². The van der Waals surface area contributed by atoms with Crippen LogP contribution >= 0.6 is 11.8 Å². The maximum absolute atomic E-state index is 11.0. The molecule has 2 N–H and O–H groups in total. The number of nitrogen functional groups attached to an aromatic ring is 1. The van der Waals surface area contributed by atoms with Crippen LogP contribution in [-0.2, 0) is 9.53 Å². The molecule has 0 radical (unpaired) electrons. The molecule has 0 spiro atoms. The number of carbonyl (C=O) groups excluding carboxylic acids is 1. The van der Waals surface area contributed by atoms with E-state index in [1.807, 2.05) is 0 Å². The Balaban J connectivity index is 2.73. The average molecular weight is 216 g/mol. The third-order valence-corrected chi connectivity index (χ3v) is 2.22. The molecule has 0 unspecified atom stereocenters. The number of thioether (sulfide) groups is 1. The summed E-state index contributed by atoms with van der Waals surface area (Å²) in [5.74, 6) is 4.95. The number of carbonyl (C=O) groups is 1. The lowest BCUT2D eigenvalue weighted by atomic mass is 10.8. The molecule has 0 bridgehead atoms. The molecule has 0 saturated carbocycles. The summed E-state index contributed by atoms with van der Waals surface area (Å²) in [4.78, 5) is 21.7. The van der Waals surface area contributed by atoms with Gasteiger partial charge < -0.3 is 10.6 Å². The first kappa shape index (κ1) is 10.5. The van der Waals surface area contributed by atoms with Crippen LogP contribution in [0.3, 0.4) is 0 Å². The summed E-state index contributed by atoms with van der Waals surface area (Å²) in [5.41, 5.74) is -0.479. The minimum Gasteiger partial charge on any atom is -0.468 e. The normalized spacial score (nSPS) is 9.79. The van der Waals surface area contributed by atoms with Crippen molar-refractivity contribution in [1.29, 1.82) is 0 Å². The first-order valence-electron chi connectivity index (χ1n) is 3.54. The van der Waals surface area contributed by atoms with Gasteiger partial charge in [0, 0.05) is 0 Å². The minimum atomic E-state index is -0.479. The van der Waals surface area contributed by atoms with E-state index in [2.05, 4.69) is 14.9 Å². The van der Waals surface area contributed by atoms with E-state index in [1.54, 1.807) is 0 Å². The van der Waals surface area contributed by atoms with E-state index < -0.39 is 11.5 Å². The maximum atomic E-state index is 11.0. The molecule has 1 rings (SSSR count). The lowest BCUT2D eigenvalue weighted by Gasteiger charge is -2.02. The van der Waals surface area contributed by atoms with Crippen LogP contribution < -0.4 is 11.4 Å². The fourth-order valence-electron chi connectivity index (χ4n) is 0.613. The molecule has 76 valence electrons. The van der Waals surface area contributed by atoms with Crippen molar-refractivity contribution in [1.82, 2.24) is 14.9 Å². The Morgan fingerprint density at radius 1 is 1.79 bits per heavy atom. The quantitative estimate of drug-likeness (QED) is 0.377. The second-order valence-corrected chi connectivity index (χ2v) is 3.14. The number of esters is 1. The molecular formula is C6H8N4O3S. The second-order valence-electron chi connectivity index (χ2n) is 2.20. The lowest BCUT2D eigenvalue weighted by Crippen LogP contribution is -2.29. The van der Waals surface area contributed by atoms with Gasteiger partial charge in [0.15, 0.2) is 0 Å². The Morgan fingerprint density at radius 3 is 3.14 bits per heavy atom. The molecule has 1 heterocycles. The summed E-state index contributed by atoms with van der Waals surface area (Å²) in [7, 11) is 1.27. The predicted molar refractivity (Wildman–Crippen MR) is 49.2 cm³/mol. The van der Waals surface area contributed by atoms with Crippen LogP contribution in [-0.4, -0.2) is 33.7 Å². The van der Waals surface area contributed by atoms with Crippen molar-refractivity contribution in [3.8, 4) is 0 Å². The zero-order valence-electron chi connectivity index (χ0n) is 7.34. The Bertz CT molecular complexity index is 391. The Labute approximate surface area is 83.2 Å². The highest BCUT2D eigenvalue weighted by atomic mass is 32.2. The molecule has 8 heteroatoms. The highest BCUT2D eigenvalue weighted by Crippen LogP contribution is 2.10. The predicted octanol–water partition coefficient (Wildman–Crippen LogP) is -1.38. The number of rotatable bonds is 3. The van der Waals surface area contributed by atoms with Gasteiger partial charge in [-0.05, 0) is 0 Å². The Hall–Kier alpha value is -1.57. The number of hydrogen-bond donors (Lipinski definition) is 1. The third-order valence-electron chi connectivity index (χ3n) is 1.30. The summed E-state index contributed by atoms with van der Waals surface area (Å²) < 4.78 is 5.23. The minimum absolute atomic E-state index is 0.0336. The maximum Gasteiger partial charge on any atom is 0.316 e. The van der Waals surface area contributed by atoms with E-state index in [-0.39, 0.29) is 10.9 Å². The summed E-state index contributed by atoms with van der Waals surface area (Å²) >= 11 is 0.984. The van der Waals surface area contributed by atoms with E-state index in [4.69, 9.17) is 5.84 Å². The molecule has 1 aromatic rings. The fourth-order valence-corrected chi connectivity index (χ4v) is 1.31. The largest absolute Gasteiger partial charge is 0.468 e. The number of hydrogen-bond acceptors (Lipinski definition) is 7. The van der Waals surface area contributed by atoms with Crippen LogP contribution in [0.2, 0.25) is 0 Å². The van der Waals surface area contributed by atoms with E-state index >= 15 is 0 Å².